The van der Waals surface area contributed by atoms with E-state index in [0.717, 1.165) is 33.0 Å². The van der Waals surface area contributed by atoms with Gasteiger partial charge in [-0.25, -0.2) is 9.59 Å². The molecule has 14 heteroatoms. The maximum Gasteiger partial charge on any atom is 0.407 e. The van der Waals surface area contributed by atoms with Crippen molar-refractivity contribution in [2.75, 3.05) is 50.8 Å². The number of anilines is 2. The van der Waals surface area contributed by atoms with Crippen LogP contribution in [0.1, 0.15) is 46.3 Å². The molecule has 59 heavy (non-hydrogen) atoms. The van der Waals surface area contributed by atoms with Crippen molar-refractivity contribution in [1.82, 2.24) is 16.0 Å². The molecule has 5 aromatic carbocycles. The van der Waals surface area contributed by atoms with E-state index in [1.807, 2.05) is 42.5 Å². The monoisotopic (exact) mass is 819 g/mol. The molecule has 0 saturated carbocycles. The highest BCUT2D eigenvalue weighted by molar-refractivity contribution is 6.09. The van der Waals surface area contributed by atoms with Gasteiger partial charge in [-0.15, -0.1) is 12.4 Å². The lowest BCUT2D eigenvalue weighted by Crippen LogP contribution is -2.55. The fraction of sp³-hybridized carbons (Fsp3) is 0.267. The predicted octanol–water partition coefficient (Wildman–Crippen LogP) is 5.96. The number of hydrogen-bond donors (Lipinski definition) is 3. The molecular formula is C45H46ClN5O8. The van der Waals surface area contributed by atoms with Crippen LogP contribution in [-0.2, 0) is 30.4 Å². The average molecular weight is 820 g/mol. The molecule has 0 fully saturated rings. The summed E-state index contributed by atoms with van der Waals surface area (Å²) in [5.74, 6) is -1.33. The SMILES string of the molecule is CNC(C)C(=O)N[C@H]1CN(C(=O)CCNC(=O)OCC2c3ccccc3-c3ccccc32)c2ccccc2N(Cc2c(OC)ccc3cc(C(=O)OC)ccc23)C1=O.Cl. The summed E-state index contributed by atoms with van der Waals surface area (Å²) >= 11 is 0. The maximum absolute atomic E-state index is 14.7. The van der Waals surface area contributed by atoms with Gasteiger partial charge in [0.2, 0.25) is 11.8 Å². The number of hydrogen-bond acceptors (Lipinski definition) is 9. The summed E-state index contributed by atoms with van der Waals surface area (Å²) in [4.78, 5) is 70.4. The number of benzene rings is 5. The Labute approximate surface area is 348 Å². The molecule has 306 valence electrons. The minimum atomic E-state index is -1.14. The standard InChI is InChI=1S/C45H45N5O8.ClH/c1-27(46-2)42(52)48-37-25-49(41(51)21-22-47-45(55)58-26-36-33-13-7-5-11-31(33)32-12-6-8-14-34(32)36)38-15-9-10-16-39(38)50(43(37)53)24-35-30-19-17-29(44(54)57-4)23-28(30)18-20-40(35)56-3;/h5-20,23,27,36-37,46H,21-22,24-26H2,1-4H3,(H,47,55)(H,48,52);1H/t27?,37-;/m0./s1. The third-order valence-corrected chi connectivity index (χ3v) is 10.8. The summed E-state index contributed by atoms with van der Waals surface area (Å²) in [7, 11) is 4.49. The number of fused-ring (bicyclic) bond motifs is 5. The van der Waals surface area contributed by atoms with Crippen molar-refractivity contribution in [3.63, 3.8) is 0 Å². The molecule has 0 spiro atoms. The van der Waals surface area contributed by atoms with E-state index < -0.39 is 36.0 Å². The molecule has 2 aliphatic rings. The molecule has 13 nitrogen and oxygen atoms in total. The first-order valence-electron chi connectivity index (χ1n) is 19.1. The fourth-order valence-corrected chi connectivity index (χ4v) is 7.71. The second-order valence-electron chi connectivity index (χ2n) is 14.2. The molecule has 0 aromatic heterocycles. The van der Waals surface area contributed by atoms with Gasteiger partial charge in [0.15, 0.2) is 0 Å². The van der Waals surface area contributed by atoms with Gasteiger partial charge in [0.1, 0.15) is 18.4 Å². The quantitative estimate of drug-likeness (QED) is 0.129. The number of nitrogens with zero attached hydrogens (tertiary/aromatic N) is 2. The van der Waals surface area contributed by atoms with Gasteiger partial charge in [0.05, 0.1) is 50.3 Å². The molecule has 4 amide bonds. The first-order valence-corrected chi connectivity index (χ1v) is 19.1. The third kappa shape index (κ3) is 8.57. The second-order valence-corrected chi connectivity index (χ2v) is 14.2. The minimum absolute atomic E-state index is 0. The summed E-state index contributed by atoms with van der Waals surface area (Å²) < 4.78 is 16.4. The maximum atomic E-state index is 14.7. The normalized spacial score (nSPS) is 14.8. The highest BCUT2D eigenvalue weighted by Gasteiger charge is 2.38. The summed E-state index contributed by atoms with van der Waals surface area (Å²) in [6, 6.07) is 30.1. The van der Waals surface area contributed by atoms with Gasteiger partial charge in [-0.3, -0.25) is 14.4 Å². The number of ether oxygens (including phenoxy) is 3. The van der Waals surface area contributed by atoms with Crippen LogP contribution in [0, 0.1) is 0 Å². The summed E-state index contributed by atoms with van der Waals surface area (Å²) in [5, 5.41) is 9.93. The van der Waals surface area contributed by atoms with E-state index in [4.69, 9.17) is 14.2 Å². The average Bonchev–Trinajstić information content (AvgIpc) is 3.52. The fourth-order valence-electron chi connectivity index (χ4n) is 7.71. The predicted molar refractivity (Wildman–Crippen MR) is 227 cm³/mol. The Balaban J connectivity index is 0.00000585. The molecule has 1 aliphatic carbocycles. The topological polar surface area (TPSA) is 156 Å². The van der Waals surface area contributed by atoms with E-state index in [1.165, 1.54) is 24.0 Å². The van der Waals surface area contributed by atoms with Crippen molar-refractivity contribution in [2.24, 2.45) is 0 Å². The molecule has 1 unspecified atom stereocenters. The number of alkyl carbamates (subject to hydrolysis) is 1. The zero-order chi connectivity index (χ0) is 40.9. The second kappa shape index (κ2) is 18.4. The van der Waals surface area contributed by atoms with E-state index >= 15 is 0 Å². The van der Waals surface area contributed by atoms with Gasteiger partial charge in [0, 0.05) is 24.4 Å². The van der Waals surface area contributed by atoms with E-state index in [9.17, 15) is 24.0 Å². The van der Waals surface area contributed by atoms with Crippen LogP contribution in [0.15, 0.2) is 103 Å². The molecule has 1 heterocycles. The van der Waals surface area contributed by atoms with Gasteiger partial charge in [0.25, 0.3) is 5.91 Å². The highest BCUT2D eigenvalue weighted by atomic mass is 35.5. The number of carbonyl (C=O) groups is 5. The van der Waals surface area contributed by atoms with Crippen molar-refractivity contribution in [1.29, 1.82) is 0 Å². The lowest BCUT2D eigenvalue weighted by atomic mass is 9.98. The van der Waals surface area contributed by atoms with Crippen molar-refractivity contribution >= 4 is 64.3 Å². The van der Waals surface area contributed by atoms with Gasteiger partial charge >= 0.3 is 12.1 Å². The van der Waals surface area contributed by atoms with Crippen LogP contribution in [0.25, 0.3) is 21.9 Å². The van der Waals surface area contributed by atoms with Crippen molar-refractivity contribution < 1.29 is 38.2 Å². The lowest BCUT2D eigenvalue weighted by molar-refractivity contribution is -0.128. The molecule has 0 radical (unpaired) electrons. The van der Waals surface area contributed by atoms with Crippen LogP contribution in [-0.4, -0.2) is 82.8 Å². The molecular weight excluding hydrogens is 774 g/mol. The highest BCUT2D eigenvalue weighted by Crippen LogP contribution is 2.44. The van der Waals surface area contributed by atoms with E-state index in [1.54, 1.807) is 62.5 Å². The Morgan fingerprint density at radius 1 is 0.847 bits per heavy atom. The Morgan fingerprint density at radius 2 is 1.51 bits per heavy atom. The molecule has 1 aliphatic heterocycles. The first kappa shape index (κ1) is 42.2. The molecule has 0 saturated heterocycles. The van der Waals surface area contributed by atoms with Gasteiger partial charge in [-0.1, -0.05) is 72.8 Å². The molecule has 7 rings (SSSR count). The summed E-state index contributed by atoms with van der Waals surface area (Å²) in [5.41, 5.74) is 6.33. The molecule has 3 N–H and O–H groups in total. The van der Waals surface area contributed by atoms with Crippen LogP contribution in [0.5, 0.6) is 5.75 Å². The molecule has 5 aromatic rings. The number of methoxy groups -OCH3 is 2. The van der Waals surface area contributed by atoms with Gasteiger partial charge < -0.3 is 40.0 Å². The van der Waals surface area contributed by atoms with Gasteiger partial charge in [-0.2, -0.15) is 0 Å². The van der Waals surface area contributed by atoms with Crippen molar-refractivity contribution in [3.8, 4) is 16.9 Å². The number of nitrogens with one attached hydrogen (secondary N) is 3. The van der Waals surface area contributed by atoms with Crippen molar-refractivity contribution in [3.05, 3.63) is 125 Å². The zero-order valence-corrected chi connectivity index (χ0v) is 34.0. The van der Waals surface area contributed by atoms with E-state index in [2.05, 4.69) is 28.1 Å². The lowest BCUT2D eigenvalue weighted by Gasteiger charge is -2.27. The summed E-state index contributed by atoms with van der Waals surface area (Å²) in [6.07, 6.45) is -0.763. The molecule has 2 atom stereocenters. The number of rotatable bonds is 12. The van der Waals surface area contributed by atoms with Crippen LogP contribution in [0.2, 0.25) is 0 Å². The Bertz CT molecular complexity index is 2360. The largest absolute Gasteiger partial charge is 0.496 e. The Kier molecular flexibility index (Phi) is 13.2. The van der Waals surface area contributed by atoms with Crippen LogP contribution in [0.4, 0.5) is 16.2 Å². The van der Waals surface area contributed by atoms with Crippen molar-refractivity contribution in [2.45, 2.75) is 37.9 Å². The number of carbonyl (C=O) groups excluding carboxylic acids is 5. The first-order chi connectivity index (χ1) is 28.1. The Morgan fingerprint density at radius 3 is 2.17 bits per heavy atom. The third-order valence-electron chi connectivity index (χ3n) is 10.8. The van der Waals surface area contributed by atoms with Crippen LogP contribution >= 0.6 is 12.4 Å². The molecule has 0 bridgehead atoms. The van der Waals surface area contributed by atoms with Crippen LogP contribution in [0.3, 0.4) is 0 Å². The number of esters is 1. The number of amides is 4. The van der Waals surface area contributed by atoms with E-state index in [0.29, 0.717) is 28.3 Å². The Hall–Kier alpha value is -6.44. The number of para-hydroxylation sites is 2. The number of likely N-dealkylation sites (N-methyl/N-ethyl adjacent to an activating group) is 1. The van der Waals surface area contributed by atoms with Gasteiger partial charge in [-0.05, 0) is 77.3 Å². The van der Waals surface area contributed by atoms with Crippen LogP contribution < -0.4 is 30.5 Å². The zero-order valence-electron chi connectivity index (χ0n) is 33.2. The summed E-state index contributed by atoms with van der Waals surface area (Å²) in [6.45, 7) is 1.62. The minimum Gasteiger partial charge on any atom is -0.496 e. The smallest absolute Gasteiger partial charge is 0.407 e. The number of halogens is 1. The van der Waals surface area contributed by atoms with E-state index in [-0.39, 0.29) is 56.9 Å².